The smallest absolute Gasteiger partial charge is 0.344 e. The van der Waals surface area contributed by atoms with Gasteiger partial charge in [0.05, 0.1) is 0 Å². The number of hydrogen-bond acceptors (Lipinski definition) is 5. The summed E-state index contributed by atoms with van der Waals surface area (Å²) in [5.41, 5.74) is 0.114. The maximum Gasteiger partial charge on any atom is 0.344 e. The van der Waals surface area contributed by atoms with Gasteiger partial charge in [-0.1, -0.05) is 12.1 Å². The van der Waals surface area contributed by atoms with E-state index in [0.29, 0.717) is 11.3 Å². The first-order chi connectivity index (χ1) is 10.2. The monoisotopic (exact) mass is 307 g/mol. The summed E-state index contributed by atoms with van der Waals surface area (Å²) in [4.78, 5) is 34.2. The molecule has 6 nitrogen and oxygen atoms in total. The van der Waals surface area contributed by atoms with E-state index in [9.17, 15) is 14.4 Å². The van der Waals surface area contributed by atoms with Crippen LogP contribution >= 0.6 is 0 Å². The van der Waals surface area contributed by atoms with Crippen LogP contribution in [0.5, 0.6) is 5.75 Å². The highest BCUT2D eigenvalue weighted by Crippen LogP contribution is 2.13. The van der Waals surface area contributed by atoms with Crippen LogP contribution in [0.25, 0.3) is 0 Å². The van der Waals surface area contributed by atoms with Crippen molar-refractivity contribution in [1.82, 2.24) is 5.32 Å². The van der Waals surface area contributed by atoms with Crippen LogP contribution in [0.2, 0.25) is 0 Å². The molecule has 1 aromatic rings. The first-order valence-corrected chi connectivity index (χ1v) is 6.88. The van der Waals surface area contributed by atoms with E-state index in [2.05, 4.69) is 5.32 Å². The van der Waals surface area contributed by atoms with Gasteiger partial charge in [0.25, 0.3) is 5.91 Å². The molecule has 120 valence electrons. The Labute approximate surface area is 129 Å². The number of nitrogens with one attached hydrogen (secondary N) is 1. The third kappa shape index (κ3) is 6.88. The molecule has 0 aliphatic rings. The molecule has 0 bridgehead atoms. The Bertz CT molecular complexity index is 560. The second-order valence-corrected chi connectivity index (χ2v) is 5.83. The largest absolute Gasteiger partial charge is 0.482 e. The van der Waals surface area contributed by atoms with Crippen LogP contribution in [-0.4, -0.2) is 36.4 Å². The lowest BCUT2D eigenvalue weighted by Gasteiger charge is -2.20. The number of benzene rings is 1. The Morgan fingerprint density at radius 1 is 1.14 bits per heavy atom. The van der Waals surface area contributed by atoms with Gasteiger partial charge in [0.1, 0.15) is 5.75 Å². The molecule has 0 spiro atoms. The second kappa shape index (κ2) is 7.59. The fourth-order valence-electron chi connectivity index (χ4n) is 1.59. The minimum atomic E-state index is -0.655. The number of ketones is 1. The molecule has 0 aliphatic carbocycles. The average molecular weight is 307 g/mol. The average Bonchev–Trinajstić information content (AvgIpc) is 2.41. The van der Waals surface area contributed by atoms with Gasteiger partial charge in [-0.3, -0.25) is 9.59 Å². The lowest BCUT2D eigenvalue weighted by molar-refractivity contribution is -0.150. The Morgan fingerprint density at radius 2 is 1.82 bits per heavy atom. The zero-order valence-corrected chi connectivity index (χ0v) is 13.3. The fraction of sp³-hybridized carbons (Fsp3) is 0.438. The van der Waals surface area contributed by atoms with Gasteiger partial charge >= 0.3 is 5.97 Å². The molecule has 0 saturated carbocycles. The highest BCUT2D eigenvalue weighted by atomic mass is 16.6. The molecular weight excluding hydrogens is 286 g/mol. The van der Waals surface area contributed by atoms with E-state index in [1.807, 2.05) is 20.8 Å². The first-order valence-electron chi connectivity index (χ1n) is 6.88. The number of esters is 1. The lowest BCUT2D eigenvalue weighted by atomic mass is 10.1. The molecule has 0 heterocycles. The molecule has 1 rings (SSSR count). The summed E-state index contributed by atoms with van der Waals surface area (Å²) < 4.78 is 10.0. The Kier molecular flexibility index (Phi) is 6.10. The van der Waals surface area contributed by atoms with Crippen molar-refractivity contribution in [2.45, 2.75) is 33.2 Å². The molecule has 22 heavy (non-hydrogen) atoms. The summed E-state index contributed by atoms with van der Waals surface area (Å²) in [5.74, 6) is -0.729. The predicted molar refractivity (Wildman–Crippen MR) is 80.8 cm³/mol. The Morgan fingerprint density at radius 3 is 2.41 bits per heavy atom. The molecule has 0 aliphatic heterocycles. The number of hydrogen-bond donors (Lipinski definition) is 1. The summed E-state index contributed by atoms with van der Waals surface area (Å²) in [5, 5.41) is 2.67. The number of carbonyl (C=O) groups is 3. The molecule has 1 N–H and O–H groups in total. The van der Waals surface area contributed by atoms with E-state index < -0.39 is 5.97 Å². The molecule has 0 unspecified atom stereocenters. The third-order valence-electron chi connectivity index (χ3n) is 2.48. The summed E-state index contributed by atoms with van der Waals surface area (Å²) in [6.07, 6.45) is 0. The highest BCUT2D eigenvalue weighted by Gasteiger charge is 2.15. The SMILES string of the molecule is CC(=O)c1cccc(OCC(=O)OCC(=O)NC(C)(C)C)c1. The quantitative estimate of drug-likeness (QED) is 0.639. The van der Waals surface area contributed by atoms with Gasteiger partial charge in [0.15, 0.2) is 19.0 Å². The van der Waals surface area contributed by atoms with Crippen molar-refractivity contribution in [3.05, 3.63) is 29.8 Å². The van der Waals surface area contributed by atoms with E-state index in [4.69, 9.17) is 9.47 Å². The molecule has 6 heteroatoms. The topological polar surface area (TPSA) is 81.7 Å². The summed E-state index contributed by atoms with van der Waals surface area (Å²) in [7, 11) is 0. The maximum atomic E-state index is 11.5. The third-order valence-corrected chi connectivity index (χ3v) is 2.48. The number of Topliss-reactive ketones (excluding diaryl/α,β-unsaturated/α-hetero) is 1. The van der Waals surface area contributed by atoms with Crippen molar-refractivity contribution >= 4 is 17.7 Å². The minimum absolute atomic E-state index is 0.0909. The van der Waals surface area contributed by atoms with Crippen molar-refractivity contribution < 1.29 is 23.9 Å². The van der Waals surface area contributed by atoms with Crippen molar-refractivity contribution in [2.24, 2.45) is 0 Å². The van der Waals surface area contributed by atoms with Crippen LogP contribution in [0.15, 0.2) is 24.3 Å². The Balaban J connectivity index is 2.39. The predicted octanol–water partition coefficient (Wildman–Crippen LogP) is 1.73. The van der Waals surface area contributed by atoms with Crippen molar-refractivity contribution in [3.63, 3.8) is 0 Å². The van der Waals surface area contributed by atoms with E-state index in [1.165, 1.54) is 6.92 Å². The zero-order chi connectivity index (χ0) is 16.8. The summed E-state index contributed by atoms with van der Waals surface area (Å²) in [6, 6.07) is 6.49. The molecule has 0 atom stereocenters. The molecular formula is C16H21NO5. The van der Waals surface area contributed by atoms with Gasteiger partial charge in [-0.25, -0.2) is 4.79 Å². The van der Waals surface area contributed by atoms with Crippen LogP contribution in [-0.2, 0) is 14.3 Å². The van der Waals surface area contributed by atoms with Crippen LogP contribution in [0.4, 0.5) is 0 Å². The minimum Gasteiger partial charge on any atom is -0.482 e. The standard InChI is InChI=1S/C16H21NO5/c1-11(18)12-6-5-7-13(8-12)21-10-15(20)22-9-14(19)17-16(2,3)4/h5-8H,9-10H2,1-4H3,(H,17,19). The molecule has 1 amide bonds. The highest BCUT2D eigenvalue weighted by molar-refractivity contribution is 5.94. The maximum absolute atomic E-state index is 11.5. The molecule has 0 fully saturated rings. The van der Waals surface area contributed by atoms with E-state index in [0.717, 1.165) is 0 Å². The Hall–Kier alpha value is -2.37. The first kappa shape index (κ1) is 17.7. The van der Waals surface area contributed by atoms with Crippen molar-refractivity contribution in [1.29, 1.82) is 0 Å². The molecule has 0 radical (unpaired) electrons. The van der Waals surface area contributed by atoms with Crippen LogP contribution < -0.4 is 10.1 Å². The van der Waals surface area contributed by atoms with Gasteiger partial charge in [0, 0.05) is 11.1 Å². The van der Waals surface area contributed by atoms with Gasteiger partial charge in [0.2, 0.25) is 0 Å². The zero-order valence-electron chi connectivity index (χ0n) is 13.3. The van der Waals surface area contributed by atoms with Crippen LogP contribution in [0, 0.1) is 0 Å². The van der Waals surface area contributed by atoms with Crippen molar-refractivity contribution in [3.8, 4) is 5.75 Å². The van der Waals surface area contributed by atoms with Crippen LogP contribution in [0.1, 0.15) is 38.1 Å². The number of ether oxygens (including phenoxy) is 2. The van der Waals surface area contributed by atoms with E-state index in [1.54, 1.807) is 24.3 Å². The number of rotatable bonds is 6. The van der Waals surface area contributed by atoms with Gasteiger partial charge < -0.3 is 14.8 Å². The number of amides is 1. The van der Waals surface area contributed by atoms with Crippen molar-refractivity contribution in [2.75, 3.05) is 13.2 Å². The van der Waals surface area contributed by atoms with Gasteiger partial charge in [-0.05, 0) is 39.8 Å². The summed E-state index contributed by atoms with van der Waals surface area (Å²) in [6.45, 7) is 6.26. The molecule has 0 aromatic heterocycles. The number of carbonyl (C=O) groups excluding carboxylic acids is 3. The molecule has 1 aromatic carbocycles. The lowest BCUT2D eigenvalue weighted by Crippen LogP contribution is -2.43. The molecule has 0 saturated heterocycles. The van der Waals surface area contributed by atoms with E-state index >= 15 is 0 Å². The summed E-state index contributed by atoms with van der Waals surface area (Å²) >= 11 is 0. The van der Waals surface area contributed by atoms with Crippen LogP contribution in [0.3, 0.4) is 0 Å². The fourth-order valence-corrected chi connectivity index (χ4v) is 1.59. The van der Waals surface area contributed by atoms with Gasteiger partial charge in [-0.15, -0.1) is 0 Å². The van der Waals surface area contributed by atoms with E-state index in [-0.39, 0.29) is 30.4 Å². The second-order valence-electron chi connectivity index (χ2n) is 5.83. The normalized spacial score (nSPS) is 10.7. The van der Waals surface area contributed by atoms with Gasteiger partial charge in [-0.2, -0.15) is 0 Å².